The molecule has 2 aromatic rings. The number of ether oxygens (including phenoxy) is 1. The number of para-hydroxylation sites is 1. The Labute approximate surface area is 132 Å². The van der Waals surface area contributed by atoms with Gasteiger partial charge in [0.25, 0.3) is 0 Å². The summed E-state index contributed by atoms with van der Waals surface area (Å²) in [6.45, 7) is 0.583. The number of methoxy groups -OCH3 is 1. The molecule has 6 heteroatoms. The summed E-state index contributed by atoms with van der Waals surface area (Å²) in [5.41, 5.74) is 0.373. The van der Waals surface area contributed by atoms with Crippen LogP contribution in [-0.4, -0.2) is 18.8 Å². The van der Waals surface area contributed by atoms with Gasteiger partial charge < -0.3 is 15.2 Å². The average molecular weight is 325 g/mol. The van der Waals surface area contributed by atoms with Gasteiger partial charge in [0, 0.05) is 18.7 Å². The quantitative estimate of drug-likeness (QED) is 0.854. The normalized spacial score (nSPS) is 12.9. The van der Waals surface area contributed by atoms with Crippen LogP contribution in [0.4, 0.5) is 13.2 Å². The number of aliphatic hydroxyl groups is 1. The molecule has 0 aromatic heterocycles. The molecule has 0 saturated carbocycles. The molecule has 0 amide bonds. The second-order valence-corrected chi connectivity index (χ2v) is 5.08. The molecule has 2 aromatic carbocycles. The van der Waals surface area contributed by atoms with Gasteiger partial charge in [-0.1, -0.05) is 30.3 Å². The smallest absolute Gasteiger partial charge is 0.416 e. The lowest BCUT2D eigenvalue weighted by molar-refractivity contribution is -0.137. The Hall–Kier alpha value is -2.05. The van der Waals surface area contributed by atoms with E-state index >= 15 is 0 Å². The molecule has 2 rings (SSSR count). The molecule has 0 bridgehead atoms. The molecule has 1 atom stereocenters. The van der Waals surface area contributed by atoms with Crippen molar-refractivity contribution in [1.82, 2.24) is 5.32 Å². The number of alkyl halides is 3. The maximum Gasteiger partial charge on any atom is 0.416 e. The van der Waals surface area contributed by atoms with E-state index in [1.165, 1.54) is 12.1 Å². The van der Waals surface area contributed by atoms with Gasteiger partial charge in [-0.25, -0.2) is 0 Å². The Bertz CT molecular complexity index is 644. The highest BCUT2D eigenvalue weighted by Crippen LogP contribution is 2.30. The standard InChI is InChI=1S/C17H18F3NO2/c1-23-16-8-3-2-5-13(16)10-21-11-15(22)12-6-4-7-14(9-12)17(18,19)20/h2-9,15,21-22H,10-11H2,1H3/t15-/m1/s1. The summed E-state index contributed by atoms with van der Waals surface area (Å²) in [7, 11) is 1.57. The molecule has 3 nitrogen and oxygen atoms in total. The number of benzene rings is 2. The second-order valence-electron chi connectivity index (χ2n) is 5.08. The molecule has 0 spiro atoms. The molecule has 0 aliphatic heterocycles. The molecule has 124 valence electrons. The number of rotatable bonds is 6. The minimum atomic E-state index is -4.42. The van der Waals surface area contributed by atoms with Gasteiger partial charge in [0.15, 0.2) is 0 Å². The topological polar surface area (TPSA) is 41.5 Å². The van der Waals surface area contributed by atoms with Gasteiger partial charge in [-0.2, -0.15) is 13.2 Å². The second kappa shape index (κ2) is 7.48. The number of halogens is 3. The van der Waals surface area contributed by atoms with Gasteiger partial charge in [-0.3, -0.25) is 0 Å². The van der Waals surface area contributed by atoms with E-state index in [0.29, 0.717) is 12.3 Å². The first kappa shape index (κ1) is 17.3. The van der Waals surface area contributed by atoms with E-state index in [9.17, 15) is 18.3 Å². The van der Waals surface area contributed by atoms with Gasteiger partial charge in [-0.15, -0.1) is 0 Å². The van der Waals surface area contributed by atoms with E-state index in [2.05, 4.69) is 5.32 Å². The highest BCUT2D eigenvalue weighted by molar-refractivity contribution is 5.33. The lowest BCUT2D eigenvalue weighted by Crippen LogP contribution is -2.21. The summed E-state index contributed by atoms with van der Waals surface area (Å²) in [5.74, 6) is 0.716. The Morgan fingerprint density at radius 2 is 1.87 bits per heavy atom. The molecule has 0 heterocycles. The molecule has 23 heavy (non-hydrogen) atoms. The van der Waals surface area contributed by atoms with E-state index in [-0.39, 0.29) is 12.1 Å². The summed E-state index contributed by atoms with van der Waals surface area (Å²) in [6, 6.07) is 12.1. The Morgan fingerprint density at radius 1 is 1.13 bits per heavy atom. The first-order valence-corrected chi connectivity index (χ1v) is 7.09. The van der Waals surface area contributed by atoms with Crippen molar-refractivity contribution in [2.45, 2.75) is 18.8 Å². The fourth-order valence-electron chi connectivity index (χ4n) is 2.23. The molecule has 0 radical (unpaired) electrons. The van der Waals surface area contributed by atoms with Gasteiger partial charge in [0.05, 0.1) is 18.8 Å². The molecular formula is C17H18F3NO2. The number of hydrogen-bond donors (Lipinski definition) is 2. The summed E-state index contributed by atoms with van der Waals surface area (Å²) in [6.07, 6.45) is -5.44. The lowest BCUT2D eigenvalue weighted by Gasteiger charge is -2.15. The van der Waals surface area contributed by atoms with Crippen molar-refractivity contribution in [3.8, 4) is 5.75 Å². The third kappa shape index (κ3) is 4.71. The minimum Gasteiger partial charge on any atom is -0.496 e. The van der Waals surface area contributed by atoms with Crippen LogP contribution >= 0.6 is 0 Å². The molecule has 0 aliphatic rings. The molecular weight excluding hydrogens is 307 g/mol. The summed E-state index contributed by atoms with van der Waals surface area (Å²) >= 11 is 0. The summed E-state index contributed by atoms with van der Waals surface area (Å²) in [5, 5.41) is 13.1. The van der Waals surface area contributed by atoms with Crippen molar-refractivity contribution >= 4 is 0 Å². The largest absolute Gasteiger partial charge is 0.496 e. The zero-order valence-corrected chi connectivity index (χ0v) is 12.6. The van der Waals surface area contributed by atoms with Crippen LogP contribution in [-0.2, 0) is 12.7 Å². The number of nitrogens with one attached hydrogen (secondary N) is 1. The molecule has 0 saturated heterocycles. The SMILES string of the molecule is COc1ccccc1CNC[C@@H](O)c1cccc(C(F)(F)F)c1. The van der Waals surface area contributed by atoms with E-state index in [1.807, 2.05) is 24.3 Å². The van der Waals surface area contributed by atoms with Gasteiger partial charge in [0.1, 0.15) is 5.75 Å². The Kier molecular flexibility index (Phi) is 5.63. The van der Waals surface area contributed by atoms with E-state index in [0.717, 1.165) is 17.7 Å². The van der Waals surface area contributed by atoms with Gasteiger partial charge in [-0.05, 0) is 23.8 Å². The van der Waals surface area contributed by atoms with Crippen LogP contribution in [0, 0.1) is 0 Å². The van der Waals surface area contributed by atoms with Gasteiger partial charge in [0.2, 0.25) is 0 Å². The van der Waals surface area contributed by atoms with Crippen molar-refractivity contribution in [3.63, 3.8) is 0 Å². The maximum absolute atomic E-state index is 12.7. The predicted octanol–water partition coefficient (Wildman–Crippen LogP) is 3.54. The monoisotopic (exact) mass is 325 g/mol. The third-order valence-corrected chi connectivity index (χ3v) is 3.44. The average Bonchev–Trinajstić information content (AvgIpc) is 2.54. The maximum atomic E-state index is 12.7. The zero-order chi connectivity index (χ0) is 16.9. The Morgan fingerprint density at radius 3 is 2.57 bits per heavy atom. The molecule has 0 aliphatic carbocycles. The van der Waals surface area contributed by atoms with Crippen molar-refractivity contribution in [2.24, 2.45) is 0 Å². The van der Waals surface area contributed by atoms with Crippen LogP contribution in [0.1, 0.15) is 22.8 Å². The van der Waals surface area contributed by atoms with E-state index in [4.69, 9.17) is 4.74 Å². The van der Waals surface area contributed by atoms with Crippen molar-refractivity contribution in [3.05, 3.63) is 65.2 Å². The number of aliphatic hydroxyl groups excluding tert-OH is 1. The Balaban J connectivity index is 1.96. The van der Waals surface area contributed by atoms with Gasteiger partial charge >= 0.3 is 6.18 Å². The molecule has 0 unspecified atom stereocenters. The molecule has 0 fully saturated rings. The van der Waals surface area contributed by atoms with Crippen molar-refractivity contribution < 1.29 is 23.0 Å². The van der Waals surface area contributed by atoms with Crippen LogP contribution in [0.3, 0.4) is 0 Å². The third-order valence-electron chi connectivity index (χ3n) is 3.44. The van der Waals surface area contributed by atoms with Crippen LogP contribution in [0.25, 0.3) is 0 Å². The first-order valence-electron chi connectivity index (χ1n) is 7.09. The first-order chi connectivity index (χ1) is 10.9. The lowest BCUT2D eigenvalue weighted by atomic mass is 10.1. The number of hydrogen-bond acceptors (Lipinski definition) is 3. The van der Waals surface area contributed by atoms with Crippen LogP contribution in [0.15, 0.2) is 48.5 Å². The van der Waals surface area contributed by atoms with Crippen molar-refractivity contribution in [1.29, 1.82) is 0 Å². The highest BCUT2D eigenvalue weighted by atomic mass is 19.4. The summed E-state index contributed by atoms with van der Waals surface area (Å²) in [4.78, 5) is 0. The van der Waals surface area contributed by atoms with Crippen LogP contribution in [0.2, 0.25) is 0 Å². The summed E-state index contributed by atoms with van der Waals surface area (Å²) < 4.78 is 43.2. The highest BCUT2D eigenvalue weighted by Gasteiger charge is 2.30. The zero-order valence-electron chi connectivity index (χ0n) is 12.6. The molecule has 2 N–H and O–H groups in total. The van der Waals surface area contributed by atoms with Crippen LogP contribution < -0.4 is 10.1 Å². The van der Waals surface area contributed by atoms with E-state index in [1.54, 1.807) is 7.11 Å². The predicted molar refractivity (Wildman–Crippen MR) is 81.1 cm³/mol. The minimum absolute atomic E-state index is 0.138. The van der Waals surface area contributed by atoms with E-state index < -0.39 is 17.8 Å². The fourth-order valence-corrected chi connectivity index (χ4v) is 2.23. The van der Waals surface area contributed by atoms with Crippen molar-refractivity contribution in [2.75, 3.05) is 13.7 Å². The fraction of sp³-hybridized carbons (Fsp3) is 0.294. The van der Waals surface area contributed by atoms with Crippen LogP contribution in [0.5, 0.6) is 5.75 Å².